The second-order valence-corrected chi connectivity index (χ2v) is 14.8. The van der Waals surface area contributed by atoms with Crippen molar-refractivity contribution in [3.05, 3.63) is 170 Å². The van der Waals surface area contributed by atoms with E-state index in [0.717, 1.165) is 16.6 Å². The van der Waals surface area contributed by atoms with Gasteiger partial charge in [-0.05, 0) is 121 Å². The number of benzene rings is 12. The van der Waals surface area contributed by atoms with Crippen molar-refractivity contribution >= 4 is 108 Å². The third kappa shape index (κ3) is 3.61. The van der Waals surface area contributed by atoms with E-state index in [9.17, 15) is 0 Å². The fraction of sp³-hybridized carbons (Fsp3) is 0. The van der Waals surface area contributed by atoms with Gasteiger partial charge in [-0.15, -0.1) is 0 Å². The van der Waals surface area contributed by atoms with Crippen LogP contribution >= 0.6 is 0 Å². The van der Waals surface area contributed by atoms with Crippen LogP contribution < -0.4 is 0 Å². The molecule has 0 aliphatic carbocycles. The first-order chi connectivity index (χ1) is 26.3. The average Bonchev–Trinajstić information content (AvgIpc) is 3.56. The van der Waals surface area contributed by atoms with Crippen LogP contribution in [0.1, 0.15) is 0 Å². The molecule has 1 aromatic heterocycles. The second-order valence-electron chi connectivity index (χ2n) is 14.8. The Morgan fingerprint density at radius 1 is 0.245 bits per heavy atom. The summed E-state index contributed by atoms with van der Waals surface area (Å²) in [5.74, 6) is 0. The molecule has 0 spiro atoms. The van der Waals surface area contributed by atoms with Crippen LogP contribution in [0, 0.1) is 0 Å². The molecule has 1 heterocycles. The van der Waals surface area contributed by atoms with Gasteiger partial charge in [-0.1, -0.05) is 152 Å². The number of hydrogen-bond acceptors (Lipinski definition) is 1. The highest BCUT2D eigenvalue weighted by Gasteiger charge is 2.22. The minimum absolute atomic E-state index is 0.911. The van der Waals surface area contributed by atoms with Crippen molar-refractivity contribution in [1.82, 2.24) is 0 Å². The van der Waals surface area contributed by atoms with Crippen molar-refractivity contribution in [1.29, 1.82) is 0 Å². The molecule has 0 radical (unpaired) electrons. The molecule has 53 heavy (non-hydrogen) atoms. The van der Waals surface area contributed by atoms with Gasteiger partial charge in [0.05, 0.1) is 0 Å². The third-order valence-electron chi connectivity index (χ3n) is 12.1. The monoisotopic (exact) mass is 668 g/mol. The van der Waals surface area contributed by atoms with Gasteiger partial charge in [-0.25, -0.2) is 0 Å². The highest BCUT2D eigenvalue weighted by molar-refractivity contribution is 6.31. The maximum absolute atomic E-state index is 6.93. The predicted molar refractivity (Wildman–Crippen MR) is 227 cm³/mol. The third-order valence-corrected chi connectivity index (χ3v) is 12.1. The van der Waals surface area contributed by atoms with Gasteiger partial charge in [0.1, 0.15) is 11.2 Å². The molecule has 0 saturated heterocycles. The van der Waals surface area contributed by atoms with Crippen molar-refractivity contribution < 1.29 is 4.42 Å². The van der Waals surface area contributed by atoms with Crippen LogP contribution in [0.15, 0.2) is 174 Å². The summed E-state index contributed by atoms with van der Waals surface area (Å²) in [5.41, 5.74) is 6.74. The Bertz CT molecular complexity index is 3640. The fourth-order valence-corrected chi connectivity index (χ4v) is 9.80. The maximum Gasteiger partial charge on any atom is 0.136 e. The Morgan fingerprint density at radius 2 is 0.736 bits per heavy atom. The molecule has 0 unspecified atom stereocenters. The first-order valence-corrected chi connectivity index (χ1v) is 18.4. The number of furan rings is 1. The fourth-order valence-electron chi connectivity index (χ4n) is 9.80. The van der Waals surface area contributed by atoms with E-state index in [-0.39, 0.29) is 0 Å². The molecule has 0 fully saturated rings. The predicted octanol–water partition coefficient (Wildman–Crippen LogP) is 15.0. The van der Waals surface area contributed by atoms with E-state index in [2.05, 4.69) is 170 Å². The lowest BCUT2D eigenvalue weighted by Crippen LogP contribution is -1.91. The normalized spacial score (nSPS) is 12.5. The van der Waals surface area contributed by atoms with Gasteiger partial charge >= 0.3 is 0 Å². The number of fused-ring (bicyclic) bond motifs is 5. The van der Waals surface area contributed by atoms with Crippen molar-refractivity contribution in [3.8, 4) is 22.3 Å². The zero-order chi connectivity index (χ0) is 34.4. The summed E-state index contributed by atoms with van der Waals surface area (Å²) in [5, 5.41) is 22.7. The molecule has 1 heteroatoms. The van der Waals surface area contributed by atoms with E-state index in [1.165, 1.54) is 114 Å². The highest BCUT2D eigenvalue weighted by atomic mass is 16.3. The molecular weight excluding hydrogens is 641 g/mol. The summed E-state index contributed by atoms with van der Waals surface area (Å²) in [7, 11) is 0. The van der Waals surface area contributed by atoms with Gasteiger partial charge in [0.25, 0.3) is 0 Å². The van der Waals surface area contributed by atoms with Crippen molar-refractivity contribution in [2.24, 2.45) is 0 Å². The van der Waals surface area contributed by atoms with Crippen molar-refractivity contribution in [3.63, 3.8) is 0 Å². The van der Waals surface area contributed by atoms with Gasteiger partial charge in [-0.3, -0.25) is 0 Å². The van der Waals surface area contributed by atoms with E-state index in [0.29, 0.717) is 0 Å². The molecule has 0 aliphatic rings. The number of hydrogen-bond donors (Lipinski definition) is 0. The molecule has 0 atom stereocenters. The molecule has 0 N–H and O–H groups in total. The second kappa shape index (κ2) is 9.88. The highest BCUT2D eigenvalue weighted by Crippen LogP contribution is 2.49. The van der Waals surface area contributed by atoms with Gasteiger partial charge in [0.2, 0.25) is 0 Å². The molecular formula is C52H28O. The summed E-state index contributed by atoms with van der Waals surface area (Å²) in [4.78, 5) is 0. The van der Waals surface area contributed by atoms with Crippen LogP contribution in [0.5, 0.6) is 0 Å². The molecule has 0 aliphatic heterocycles. The lowest BCUT2D eigenvalue weighted by atomic mass is 9.84. The Hall–Kier alpha value is -6.96. The van der Waals surface area contributed by atoms with E-state index >= 15 is 0 Å². The summed E-state index contributed by atoms with van der Waals surface area (Å²) in [6.45, 7) is 0. The Balaban J connectivity index is 1.21. The summed E-state index contributed by atoms with van der Waals surface area (Å²) < 4.78 is 6.93. The van der Waals surface area contributed by atoms with E-state index in [4.69, 9.17) is 4.42 Å². The Labute approximate surface area is 303 Å². The maximum atomic E-state index is 6.93. The smallest absolute Gasteiger partial charge is 0.136 e. The number of rotatable bonds is 2. The lowest BCUT2D eigenvalue weighted by Gasteiger charge is -2.18. The molecule has 0 saturated carbocycles. The Morgan fingerprint density at radius 3 is 1.40 bits per heavy atom. The van der Waals surface area contributed by atoms with E-state index in [1.807, 2.05) is 0 Å². The van der Waals surface area contributed by atoms with Gasteiger partial charge < -0.3 is 4.42 Å². The van der Waals surface area contributed by atoms with Crippen molar-refractivity contribution in [2.45, 2.75) is 0 Å². The van der Waals surface area contributed by atoms with Crippen LogP contribution in [0.25, 0.3) is 130 Å². The quantitative estimate of drug-likeness (QED) is 0.167. The minimum atomic E-state index is 0.911. The first-order valence-electron chi connectivity index (χ1n) is 18.4. The molecule has 1 nitrogen and oxygen atoms in total. The summed E-state index contributed by atoms with van der Waals surface area (Å²) in [6.07, 6.45) is 0. The van der Waals surface area contributed by atoms with Crippen LogP contribution in [0.2, 0.25) is 0 Å². The first kappa shape index (κ1) is 27.7. The van der Waals surface area contributed by atoms with Crippen LogP contribution in [0.3, 0.4) is 0 Å². The van der Waals surface area contributed by atoms with E-state index < -0.39 is 0 Å². The van der Waals surface area contributed by atoms with Gasteiger partial charge in [0.15, 0.2) is 0 Å². The Kier molecular flexibility index (Phi) is 5.17. The average molecular weight is 669 g/mol. The topological polar surface area (TPSA) is 13.1 Å². The molecule has 242 valence electrons. The van der Waals surface area contributed by atoms with Crippen LogP contribution in [-0.2, 0) is 0 Å². The molecule has 0 bridgehead atoms. The van der Waals surface area contributed by atoms with Gasteiger partial charge in [-0.2, -0.15) is 0 Å². The standard InChI is InChI=1S/C52H28O/c1-2-7-36-27-45-44(26-35(36)6-1)52-46(53-45)28-43-37(38-22-18-33-16-14-29-8-3-10-31-19-23-40(38)49(33)47(29)31)12-5-13-39(43)51(52)42-25-21-34-17-15-30-9-4-11-32-20-24-41(42)50(34)48(30)32/h1-28H. The van der Waals surface area contributed by atoms with Gasteiger partial charge in [0, 0.05) is 16.3 Å². The molecule has 0 amide bonds. The molecule has 13 aromatic rings. The van der Waals surface area contributed by atoms with E-state index in [1.54, 1.807) is 0 Å². The van der Waals surface area contributed by atoms with Crippen LogP contribution in [0.4, 0.5) is 0 Å². The zero-order valence-electron chi connectivity index (χ0n) is 28.6. The summed E-state index contributed by atoms with van der Waals surface area (Å²) in [6, 6.07) is 63.2. The van der Waals surface area contributed by atoms with Crippen LogP contribution in [-0.4, -0.2) is 0 Å². The van der Waals surface area contributed by atoms with Crippen molar-refractivity contribution in [2.75, 3.05) is 0 Å². The lowest BCUT2D eigenvalue weighted by molar-refractivity contribution is 0.670. The zero-order valence-corrected chi connectivity index (χ0v) is 28.6. The molecule has 13 rings (SSSR count). The summed E-state index contributed by atoms with van der Waals surface area (Å²) >= 11 is 0. The minimum Gasteiger partial charge on any atom is -0.456 e. The molecule has 12 aromatic carbocycles. The largest absolute Gasteiger partial charge is 0.456 e. The SMILES string of the molecule is c1ccc2cc3c(cc2c1)oc1cc2c(-c4ccc5ccc6cccc7ccc4c5c67)cccc2c(-c2ccc4ccc5cccc6ccc2c4c56)c13.